The highest BCUT2D eigenvalue weighted by Gasteiger charge is 2.52. The Morgan fingerprint density at radius 1 is 1.17 bits per heavy atom. The minimum absolute atomic E-state index is 0.0934. The van der Waals surface area contributed by atoms with Gasteiger partial charge in [-0.15, -0.1) is 0 Å². The lowest BCUT2D eigenvalue weighted by Crippen LogP contribution is -2.61. The van der Waals surface area contributed by atoms with E-state index in [0.29, 0.717) is 24.5 Å². The van der Waals surface area contributed by atoms with Crippen molar-refractivity contribution in [2.75, 3.05) is 29.4 Å². The van der Waals surface area contributed by atoms with Crippen LogP contribution in [0.5, 0.6) is 0 Å². The first kappa shape index (κ1) is 24.3. The average Bonchev–Trinajstić information content (AvgIpc) is 3.21. The molecule has 0 bridgehead atoms. The van der Waals surface area contributed by atoms with Gasteiger partial charge in [0.1, 0.15) is 29.2 Å². The number of nitrogens with zero attached hydrogens (tertiary/aromatic N) is 7. The van der Waals surface area contributed by atoms with Gasteiger partial charge in [-0.25, -0.2) is 23.7 Å². The number of hydrogen-bond donors (Lipinski definition) is 0. The van der Waals surface area contributed by atoms with Crippen LogP contribution >= 0.6 is 0 Å². The molecule has 5 rings (SSSR count). The Hall–Kier alpha value is -3.35. The van der Waals surface area contributed by atoms with Gasteiger partial charge in [-0.3, -0.25) is 4.79 Å². The van der Waals surface area contributed by atoms with Crippen LogP contribution < -0.4 is 9.80 Å². The first-order valence-electron chi connectivity index (χ1n) is 12.4. The van der Waals surface area contributed by atoms with Crippen LogP contribution in [0.15, 0.2) is 24.7 Å². The number of nitriles is 1. The number of fused-ring (bicyclic) bond motifs is 2. The van der Waals surface area contributed by atoms with Crippen LogP contribution in [0, 0.1) is 16.7 Å². The third kappa shape index (κ3) is 3.67. The summed E-state index contributed by atoms with van der Waals surface area (Å²) in [5.74, 6) is 1.82. The molecule has 2 aromatic rings. The second-order valence-electron chi connectivity index (χ2n) is 11.0. The molecule has 1 amide bonds. The fourth-order valence-corrected chi connectivity index (χ4v) is 5.73. The molecule has 2 atom stereocenters. The van der Waals surface area contributed by atoms with E-state index < -0.39 is 17.7 Å². The van der Waals surface area contributed by atoms with Gasteiger partial charge in [0.2, 0.25) is 5.91 Å². The molecule has 1 saturated heterocycles. The van der Waals surface area contributed by atoms with Crippen LogP contribution in [0.1, 0.15) is 58.1 Å². The number of alkyl halides is 2. The van der Waals surface area contributed by atoms with Crippen molar-refractivity contribution in [1.82, 2.24) is 19.9 Å². The van der Waals surface area contributed by atoms with E-state index in [2.05, 4.69) is 25.8 Å². The molecule has 1 spiro atoms. The summed E-state index contributed by atoms with van der Waals surface area (Å²) in [5, 5.41) is 9.37. The van der Waals surface area contributed by atoms with Crippen molar-refractivity contribution in [2.45, 2.75) is 70.9 Å². The number of carbonyl (C=O) groups is 1. The number of aromatic nitrogens is 3. The van der Waals surface area contributed by atoms with Gasteiger partial charge in [0.15, 0.2) is 0 Å². The molecule has 0 unspecified atom stereocenters. The lowest BCUT2D eigenvalue weighted by Gasteiger charge is -2.48. The second-order valence-corrected chi connectivity index (χ2v) is 11.0. The maximum Gasteiger partial charge on any atom is 0.252 e. The first-order valence-corrected chi connectivity index (χ1v) is 12.4. The summed E-state index contributed by atoms with van der Waals surface area (Å²) in [6.45, 7) is 8.10. The van der Waals surface area contributed by atoms with E-state index in [1.165, 1.54) is 13.8 Å². The van der Waals surface area contributed by atoms with E-state index in [1.807, 2.05) is 13.8 Å². The van der Waals surface area contributed by atoms with Crippen molar-refractivity contribution in [1.29, 1.82) is 5.26 Å². The molecule has 1 aliphatic carbocycles. The molecule has 0 radical (unpaired) electrons. The van der Waals surface area contributed by atoms with E-state index >= 15 is 0 Å². The second kappa shape index (κ2) is 8.64. The number of amides is 1. The Morgan fingerprint density at radius 2 is 1.89 bits per heavy atom. The fraction of sp³-hybridized carbons (Fsp3) is 0.577. The van der Waals surface area contributed by atoms with E-state index in [-0.39, 0.29) is 17.5 Å². The molecule has 3 aliphatic rings. The minimum Gasteiger partial charge on any atom is -0.350 e. The van der Waals surface area contributed by atoms with Gasteiger partial charge in [0, 0.05) is 48.9 Å². The SMILES string of the molecule is C[C@@H]1CN(C(=O)C(C)(C)C(F)F)[C@@H](C)CN1c1ncnc2c1C1(CCC1)CN2c1cc(C#N)ccn1. The molecule has 4 heterocycles. The lowest BCUT2D eigenvalue weighted by molar-refractivity contribution is -0.152. The first-order chi connectivity index (χ1) is 17.1. The summed E-state index contributed by atoms with van der Waals surface area (Å²) in [7, 11) is 0. The number of anilines is 3. The predicted molar refractivity (Wildman–Crippen MR) is 131 cm³/mol. The Bertz CT molecular complexity index is 1220. The van der Waals surface area contributed by atoms with Crippen LogP contribution in [0.2, 0.25) is 0 Å². The van der Waals surface area contributed by atoms with Crippen molar-refractivity contribution in [3.05, 3.63) is 35.8 Å². The van der Waals surface area contributed by atoms with Gasteiger partial charge < -0.3 is 14.7 Å². The van der Waals surface area contributed by atoms with E-state index in [9.17, 15) is 18.8 Å². The third-order valence-electron chi connectivity index (χ3n) is 8.13. The average molecular weight is 496 g/mol. The standard InChI is InChI=1S/C26H31F2N7O/c1-16-13-34(24(36)25(3,4)23(27)28)17(2)12-33(16)21-20-22(32-15-31-21)35(14-26(20)7-5-8-26)19-10-18(11-29)6-9-30-19/h6,9-10,15-17,23H,5,7-8,12-14H2,1-4H3/t16-,17+/m1/s1. The molecule has 2 aliphatic heterocycles. The van der Waals surface area contributed by atoms with Crippen LogP contribution in [0.3, 0.4) is 0 Å². The minimum atomic E-state index is -2.73. The molecule has 2 fully saturated rings. The highest BCUT2D eigenvalue weighted by atomic mass is 19.3. The quantitative estimate of drug-likeness (QED) is 0.633. The Balaban J connectivity index is 1.50. The summed E-state index contributed by atoms with van der Waals surface area (Å²) in [4.78, 5) is 32.8. The number of carbonyl (C=O) groups excluding carboxylic acids is 1. The largest absolute Gasteiger partial charge is 0.350 e. The molecule has 10 heteroatoms. The zero-order valence-electron chi connectivity index (χ0n) is 21.1. The maximum atomic E-state index is 13.6. The van der Waals surface area contributed by atoms with Gasteiger partial charge in [-0.1, -0.05) is 6.42 Å². The maximum absolute atomic E-state index is 13.6. The van der Waals surface area contributed by atoms with Crippen molar-refractivity contribution < 1.29 is 13.6 Å². The van der Waals surface area contributed by atoms with Crippen molar-refractivity contribution in [2.24, 2.45) is 5.41 Å². The summed E-state index contributed by atoms with van der Waals surface area (Å²) in [5.41, 5.74) is -0.190. The molecule has 2 aromatic heterocycles. The van der Waals surface area contributed by atoms with Crippen LogP contribution in [0.4, 0.5) is 26.2 Å². The summed E-state index contributed by atoms with van der Waals surface area (Å²) in [6.07, 6.45) is 3.61. The summed E-state index contributed by atoms with van der Waals surface area (Å²) < 4.78 is 27.2. The van der Waals surface area contributed by atoms with Gasteiger partial charge in [-0.2, -0.15) is 5.26 Å². The fourth-order valence-electron chi connectivity index (χ4n) is 5.73. The molecular weight excluding hydrogens is 464 g/mol. The van der Waals surface area contributed by atoms with E-state index in [4.69, 9.17) is 4.98 Å². The predicted octanol–water partition coefficient (Wildman–Crippen LogP) is 4.03. The molecule has 36 heavy (non-hydrogen) atoms. The highest BCUT2D eigenvalue weighted by molar-refractivity contribution is 5.83. The molecule has 8 nitrogen and oxygen atoms in total. The molecule has 0 N–H and O–H groups in total. The molecular formula is C26H31F2N7O. The highest BCUT2D eigenvalue weighted by Crippen LogP contribution is 2.56. The number of pyridine rings is 1. The third-order valence-corrected chi connectivity index (χ3v) is 8.13. The molecule has 0 aromatic carbocycles. The van der Waals surface area contributed by atoms with Gasteiger partial charge in [0.05, 0.1) is 11.6 Å². The number of halogens is 2. The van der Waals surface area contributed by atoms with E-state index in [1.54, 1.807) is 29.6 Å². The van der Waals surface area contributed by atoms with Crippen molar-refractivity contribution >= 4 is 23.4 Å². The molecule has 1 saturated carbocycles. The topological polar surface area (TPSA) is 89.3 Å². The van der Waals surface area contributed by atoms with E-state index in [0.717, 1.165) is 43.0 Å². The van der Waals surface area contributed by atoms with Gasteiger partial charge >= 0.3 is 0 Å². The Labute approximate surface area is 209 Å². The number of hydrogen-bond acceptors (Lipinski definition) is 7. The Kier molecular flexibility index (Phi) is 5.85. The lowest BCUT2D eigenvalue weighted by atomic mass is 9.66. The van der Waals surface area contributed by atoms with Crippen LogP contribution in [-0.2, 0) is 10.2 Å². The number of rotatable bonds is 4. The zero-order chi connectivity index (χ0) is 25.8. The van der Waals surface area contributed by atoms with Crippen molar-refractivity contribution in [3.63, 3.8) is 0 Å². The Morgan fingerprint density at radius 3 is 2.53 bits per heavy atom. The van der Waals surface area contributed by atoms with Crippen molar-refractivity contribution in [3.8, 4) is 6.07 Å². The summed E-state index contributed by atoms with van der Waals surface area (Å²) in [6, 6.07) is 5.29. The van der Waals surface area contributed by atoms with Gasteiger partial charge in [-0.05, 0) is 52.7 Å². The zero-order valence-corrected chi connectivity index (χ0v) is 21.1. The normalized spacial score (nSPS) is 23.0. The van der Waals surface area contributed by atoms with Crippen LogP contribution in [0.25, 0.3) is 0 Å². The smallest absolute Gasteiger partial charge is 0.252 e. The van der Waals surface area contributed by atoms with Crippen LogP contribution in [-0.4, -0.2) is 63.9 Å². The number of piperazine rings is 1. The summed E-state index contributed by atoms with van der Waals surface area (Å²) >= 11 is 0. The molecule has 190 valence electrons. The van der Waals surface area contributed by atoms with Gasteiger partial charge in [0.25, 0.3) is 6.43 Å². The monoisotopic (exact) mass is 495 g/mol.